The number of carbonyl (C=O) groups is 1. The second kappa shape index (κ2) is 5.67. The van der Waals surface area contributed by atoms with E-state index in [4.69, 9.17) is 10.8 Å². The van der Waals surface area contributed by atoms with Gasteiger partial charge in [0.1, 0.15) is 0 Å². The Kier molecular flexibility index (Phi) is 4.27. The van der Waals surface area contributed by atoms with Crippen LogP contribution in [-0.4, -0.2) is 32.6 Å². The van der Waals surface area contributed by atoms with Crippen molar-refractivity contribution in [3.8, 4) is 0 Å². The lowest BCUT2D eigenvalue weighted by molar-refractivity contribution is -0.201. The van der Waals surface area contributed by atoms with Gasteiger partial charge in [-0.3, -0.25) is 4.68 Å². The summed E-state index contributed by atoms with van der Waals surface area (Å²) < 4.78 is 40.2. The summed E-state index contributed by atoms with van der Waals surface area (Å²) >= 11 is 0. The van der Waals surface area contributed by atoms with Gasteiger partial charge >= 0.3 is 12.1 Å². The number of aromatic nitrogens is 2. The van der Waals surface area contributed by atoms with Gasteiger partial charge in [-0.25, -0.2) is 4.79 Å². The van der Waals surface area contributed by atoms with E-state index in [0.717, 1.165) is 32.1 Å². The molecule has 0 bridgehead atoms. The summed E-state index contributed by atoms with van der Waals surface area (Å²) in [7, 11) is 0. The third kappa shape index (κ3) is 3.20. The number of carboxylic acid groups (broad SMARTS) is 1. The highest BCUT2D eigenvalue weighted by molar-refractivity contribution is 5.80. The van der Waals surface area contributed by atoms with Crippen LogP contribution >= 0.6 is 0 Å². The Morgan fingerprint density at radius 3 is 2.52 bits per heavy atom. The van der Waals surface area contributed by atoms with Crippen LogP contribution in [0.1, 0.15) is 43.8 Å². The van der Waals surface area contributed by atoms with Crippen LogP contribution in [0.3, 0.4) is 0 Å². The molecule has 1 heterocycles. The molecule has 8 heteroatoms. The Hall–Kier alpha value is -1.57. The Balaban J connectivity index is 2.15. The zero-order valence-corrected chi connectivity index (χ0v) is 11.4. The molecule has 5 nitrogen and oxygen atoms in total. The largest absolute Gasteiger partial charge is 0.480 e. The number of alkyl halides is 3. The lowest BCUT2D eigenvalue weighted by Crippen LogP contribution is -2.61. The molecule has 0 spiro atoms. The molecule has 1 atom stereocenters. The van der Waals surface area contributed by atoms with Gasteiger partial charge in [0.15, 0.2) is 0 Å². The molecule has 1 aliphatic carbocycles. The Labute approximate surface area is 119 Å². The van der Waals surface area contributed by atoms with Crippen molar-refractivity contribution >= 4 is 5.97 Å². The Morgan fingerprint density at radius 1 is 1.38 bits per heavy atom. The van der Waals surface area contributed by atoms with Crippen molar-refractivity contribution < 1.29 is 23.1 Å². The van der Waals surface area contributed by atoms with Crippen LogP contribution in [0.4, 0.5) is 13.2 Å². The molecule has 21 heavy (non-hydrogen) atoms. The molecule has 1 fully saturated rings. The third-order valence-electron chi connectivity index (χ3n) is 3.96. The quantitative estimate of drug-likeness (QED) is 0.894. The van der Waals surface area contributed by atoms with Gasteiger partial charge in [0.25, 0.3) is 0 Å². The first-order valence-corrected chi connectivity index (χ1v) is 6.87. The van der Waals surface area contributed by atoms with Crippen molar-refractivity contribution in [2.75, 3.05) is 0 Å². The van der Waals surface area contributed by atoms with E-state index in [0.29, 0.717) is 0 Å². The Bertz CT molecular complexity index is 509. The van der Waals surface area contributed by atoms with E-state index in [9.17, 15) is 18.0 Å². The Morgan fingerprint density at radius 2 is 2.00 bits per heavy atom. The molecule has 1 aliphatic rings. The third-order valence-corrected chi connectivity index (χ3v) is 3.96. The molecule has 2 rings (SSSR count). The summed E-state index contributed by atoms with van der Waals surface area (Å²) in [5, 5.41) is 12.9. The van der Waals surface area contributed by atoms with Gasteiger partial charge in [-0.2, -0.15) is 18.3 Å². The summed E-state index contributed by atoms with van der Waals surface area (Å²) in [6, 6.07) is 1.58. The molecule has 3 N–H and O–H groups in total. The fraction of sp³-hybridized carbons (Fsp3) is 0.692. The predicted octanol–water partition coefficient (Wildman–Crippen LogP) is 2.28. The topological polar surface area (TPSA) is 81.1 Å². The second-order valence-electron chi connectivity index (χ2n) is 5.53. The van der Waals surface area contributed by atoms with Crippen LogP contribution < -0.4 is 5.73 Å². The van der Waals surface area contributed by atoms with Crippen LogP contribution in [0.15, 0.2) is 12.3 Å². The van der Waals surface area contributed by atoms with Crippen LogP contribution in [0.5, 0.6) is 0 Å². The lowest BCUT2D eigenvalue weighted by Gasteiger charge is -2.26. The van der Waals surface area contributed by atoms with Crippen LogP contribution in [0, 0.1) is 0 Å². The van der Waals surface area contributed by atoms with Gasteiger partial charge in [-0.05, 0) is 18.9 Å². The molecular formula is C13H18F3N3O2. The number of carboxylic acids is 1. The first-order chi connectivity index (χ1) is 9.74. The van der Waals surface area contributed by atoms with Crippen molar-refractivity contribution in [1.82, 2.24) is 9.78 Å². The smallest absolute Gasteiger partial charge is 0.417 e. The molecule has 0 radical (unpaired) electrons. The van der Waals surface area contributed by atoms with Crippen molar-refractivity contribution in [2.45, 2.75) is 56.3 Å². The fourth-order valence-corrected chi connectivity index (χ4v) is 2.60. The molecule has 0 aliphatic heterocycles. The molecule has 1 unspecified atom stereocenters. The van der Waals surface area contributed by atoms with Gasteiger partial charge in [0.2, 0.25) is 5.54 Å². The van der Waals surface area contributed by atoms with Crippen molar-refractivity contribution in [1.29, 1.82) is 0 Å². The minimum Gasteiger partial charge on any atom is -0.480 e. The van der Waals surface area contributed by atoms with E-state index in [2.05, 4.69) is 5.10 Å². The van der Waals surface area contributed by atoms with Gasteiger partial charge in [0, 0.05) is 12.6 Å². The van der Waals surface area contributed by atoms with E-state index in [1.165, 1.54) is 6.07 Å². The average Bonchev–Trinajstić information content (AvgIpc) is 2.86. The van der Waals surface area contributed by atoms with E-state index in [1.807, 2.05) is 0 Å². The molecule has 0 saturated heterocycles. The van der Waals surface area contributed by atoms with Gasteiger partial charge in [0.05, 0.1) is 11.7 Å². The molecule has 0 amide bonds. The standard InChI is InChI=1S/C13H18F3N3O2/c14-13(15,16)12(17,11(20)21)8-9-6-7-19(18-9)10-4-2-1-3-5-10/h6-7,10H,1-5,8,17H2,(H,20,21). The van der Waals surface area contributed by atoms with E-state index in [1.54, 1.807) is 10.9 Å². The number of nitrogens with zero attached hydrogens (tertiary/aromatic N) is 2. The van der Waals surface area contributed by atoms with Crippen molar-refractivity contribution in [3.63, 3.8) is 0 Å². The molecule has 0 aromatic carbocycles. The first kappa shape index (κ1) is 15.8. The number of hydrogen-bond acceptors (Lipinski definition) is 3. The van der Waals surface area contributed by atoms with E-state index >= 15 is 0 Å². The summed E-state index contributed by atoms with van der Waals surface area (Å²) in [6.07, 6.45) is 0.865. The van der Waals surface area contributed by atoms with Crippen molar-refractivity contribution in [2.24, 2.45) is 5.73 Å². The highest BCUT2D eigenvalue weighted by atomic mass is 19.4. The highest BCUT2D eigenvalue weighted by Gasteiger charge is 2.58. The summed E-state index contributed by atoms with van der Waals surface area (Å²) in [5.74, 6) is -2.10. The van der Waals surface area contributed by atoms with Gasteiger partial charge in [-0.1, -0.05) is 19.3 Å². The van der Waals surface area contributed by atoms with E-state index in [-0.39, 0.29) is 11.7 Å². The average molecular weight is 305 g/mol. The number of hydrogen-bond donors (Lipinski definition) is 2. The summed E-state index contributed by atoms with van der Waals surface area (Å²) in [5.41, 5.74) is 1.80. The maximum Gasteiger partial charge on any atom is 0.417 e. The monoisotopic (exact) mass is 305 g/mol. The number of halogens is 3. The molecule has 1 aromatic heterocycles. The fourth-order valence-electron chi connectivity index (χ4n) is 2.60. The molecule has 1 saturated carbocycles. The zero-order valence-electron chi connectivity index (χ0n) is 11.4. The molecule has 1 aromatic rings. The maximum atomic E-state index is 12.9. The van der Waals surface area contributed by atoms with E-state index < -0.39 is 24.1 Å². The summed E-state index contributed by atoms with van der Waals surface area (Å²) in [4.78, 5) is 10.9. The summed E-state index contributed by atoms with van der Waals surface area (Å²) in [6.45, 7) is 0. The normalized spacial score (nSPS) is 20.2. The van der Waals surface area contributed by atoms with Gasteiger partial charge in [-0.15, -0.1) is 0 Å². The first-order valence-electron chi connectivity index (χ1n) is 6.87. The SMILES string of the molecule is NC(Cc1ccn(C2CCCCC2)n1)(C(=O)O)C(F)(F)F. The van der Waals surface area contributed by atoms with Gasteiger partial charge < -0.3 is 10.8 Å². The zero-order chi connectivity index (χ0) is 15.7. The van der Waals surface area contributed by atoms with Crippen molar-refractivity contribution in [3.05, 3.63) is 18.0 Å². The number of nitrogens with two attached hydrogens (primary N) is 1. The lowest BCUT2D eigenvalue weighted by atomic mass is 9.94. The number of rotatable bonds is 4. The minimum absolute atomic E-state index is 0.0443. The molecular weight excluding hydrogens is 287 g/mol. The predicted molar refractivity (Wildman–Crippen MR) is 68.7 cm³/mol. The maximum absolute atomic E-state index is 12.9. The second-order valence-corrected chi connectivity index (χ2v) is 5.53. The minimum atomic E-state index is -5.03. The van der Waals surface area contributed by atoms with Crippen LogP contribution in [0.2, 0.25) is 0 Å². The highest BCUT2D eigenvalue weighted by Crippen LogP contribution is 2.32. The molecule has 118 valence electrons. The van der Waals surface area contributed by atoms with Crippen LogP contribution in [-0.2, 0) is 11.2 Å². The number of aliphatic carboxylic acids is 1. The van der Waals surface area contributed by atoms with Crippen LogP contribution in [0.25, 0.3) is 0 Å².